The summed E-state index contributed by atoms with van der Waals surface area (Å²) in [5, 5.41) is 12.7. The van der Waals surface area contributed by atoms with Crippen LogP contribution in [0.4, 0.5) is 10.1 Å². The predicted octanol–water partition coefficient (Wildman–Crippen LogP) is 6.24. The van der Waals surface area contributed by atoms with Crippen molar-refractivity contribution in [3.05, 3.63) is 98.8 Å². The molecule has 1 amide bonds. The molecule has 0 saturated carbocycles. The normalized spacial score (nSPS) is 11.1. The summed E-state index contributed by atoms with van der Waals surface area (Å²) in [6, 6.07) is 17.3. The van der Waals surface area contributed by atoms with Gasteiger partial charge in [-0.05, 0) is 60.9 Å². The summed E-state index contributed by atoms with van der Waals surface area (Å²) in [5.41, 5.74) is 4.17. The summed E-state index contributed by atoms with van der Waals surface area (Å²) in [5.74, 6) is -0.409. The molecule has 0 aliphatic heterocycles. The van der Waals surface area contributed by atoms with Gasteiger partial charge in [0.05, 0.1) is 7.11 Å². The fraction of sp³-hybridized carbons (Fsp3) is 0.154. The largest absolute Gasteiger partial charge is 0.496 e. The first-order valence-corrected chi connectivity index (χ1v) is 10.3. The van der Waals surface area contributed by atoms with Crippen LogP contribution in [-0.4, -0.2) is 13.0 Å². The number of halogens is 2. The topological polar surface area (TPSA) is 62.1 Å². The summed E-state index contributed by atoms with van der Waals surface area (Å²) in [6.07, 6.45) is 1.69. The monoisotopic (exact) mass is 448 g/mol. The van der Waals surface area contributed by atoms with E-state index in [1.54, 1.807) is 36.4 Å². The zero-order chi connectivity index (χ0) is 23.3. The van der Waals surface area contributed by atoms with Gasteiger partial charge in [0.15, 0.2) is 0 Å². The van der Waals surface area contributed by atoms with Crippen LogP contribution in [0.25, 0.3) is 6.08 Å². The van der Waals surface area contributed by atoms with Gasteiger partial charge in [0.1, 0.15) is 23.2 Å². The van der Waals surface area contributed by atoms with E-state index in [1.807, 2.05) is 32.0 Å². The zero-order valence-corrected chi connectivity index (χ0v) is 18.8. The van der Waals surface area contributed by atoms with Crippen molar-refractivity contribution >= 4 is 29.3 Å². The maximum Gasteiger partial charge on any atom is 0.266 e. The molecule has 0 atom stereocenters. The van der Waals surface area contributed by atoms with Crippen molar-refractivity contribution in [2.45, 2.75) is 20.3 Å². The van der Waals surface area contributed by atoms with Gasteiger partial charge in [-0.2, -0.15) is 5.26 Å². The molecule has 0 unspecified atom stereocenters. The fourth-order valence-electron chi connectivity index (χ4n) is 3.36. The molecule has 3 aromatic rings. The van der Waals surface area contributed by atoms with Gasteiger partial charge in [-0.15, -0.1) is 0 Å². The van der Waals surface area contributed by atoms with Crippen LogP contribution in [0.1, 0.15) is 27.8 Å². The van der Waals surface area contributed by atoms with E-state index in [-0.39, 0.29) is 17.8 Å². The molecule has 0 heterocycles. The minimum absolute atomic E-state index is 0.0788. The van der Waals surface area contributed by atoms with Crippen molar-refractivity contribution in [3.8, 4) is 11.8 Å². The molecule has 0 spiro atoms. The molecule has 0 saturated heterocycles. The van der Waals surface area contributed by atoms with E-state index in [0.717, 1.165) is 11.1 Å². The van der Waals surface area contributed by atoms with Crippen molar-refractivity contribution in [3.63, 3.8) is 0 Å². The van der Waals surface area contributed by atoms with Crippen LogP contribution < -0.4 is 10.1 Å². The predicted molar refractivity (Wildman–Crippen MR) is 125 cm³/mol. The molecule has 0 aliphatic carbocycles. The van der Waals surface area contributed by atoms with Gasteiger partial charge in [-0.3, -0.25) is 4.79 Å². The van der Waals surface area contributed by atoms with Gasteiger partial charge in [0.2, 0.25) is 0 Å². The Morgan fingerprint density at radius 2 is 1.94 bits per heavy atom. The summed E-state index contributed by atoms with van der Waals surface area (Å²) in [6.45, 7) is 3.85. The molecule has 1 N–H and O–H groups in total. The lowest BCUT2D eigenvalue weighted by Crippen LogP contribution is -2.14. The van der Waals surface area contributed by atoms with E-state index < -0.39 is 5.91 Å². The van der Waals surface area contributed by atoms with Gasteiger partial charge in [-0.1, -0.05) is 47.5 Å². The Morgan fingerprint density at radius 1 is 1.19 bits per heavy atom. The highest BCUT2D eigenvalue weighted by Crippen LogP contribution is 2.32. The summed E-state index contributed by atoms with van der Waals surface area (Å²) < 4.78 is 19.5. The second kappa shape index (κ2) is 10.1. The highest BCUT2D eigenvalue weighted by Gasteiger charge is 2.15. The molecule has 32 heavy (non-hydrogen) atoms. The summed E-state index contributed by atoms with van der Waals surface area (Å²) in [4.78, 5) is 12.7. The number of rotatable bonds is 6. The van der Waals surface area contributed by atoms with E-state index >= 15 is 0 Å². The fourth-order valence-corrected chi connectivity index (χ4v) is 3.65. The number of nitriles is 1. The molecule has 0 aliphatic rings. The third-order valence-electron chi connectivity index (χ3n) is 5.03. The summed E-state index contributed by atoms with van der Waals surface area (Å²) in [7, 11) is 1.49. The van der Waals surface area contributed by atoms with Crippen molar-refractivity contribution < 1.29 is 13.9 Å². The molecule has 3 rings (SSSR count). The SMILES string of the molecule is COc1cc(/C=C(\C#N)C(=O)Nc2ccc(C)cc2C)cc(Cl)c1Cc1ccccc1F. The Morgan fingerprint density at radius 3 is 2.59 bits per heavy atom. The number of anilines is 1. The minimum Gasteiger partial charge on any atom is -0.496 e. The second-order valence-electron chi connectivity index (χ2n) is 7.39. The molecule has 6 heteroatoms. The van der Waals surface area contributed by atoms with Crippen molar-refractivity contribution in [1.29, 1.82) is 5.26 Å². The van der Waals surface area contributed by atoms with Crippen molar-refractivity contribution in [2.24, 2.45) is 0 Å². The van der Waals surface area contributed by atoms with Crippen LogP contribution in [-0.2, 0) is 11.2 Å². The van der Waals surface area contributed by atoms with Crippen molar-refractivity contribution in [1.82, 2.24) is 0 Å². The summed E-state index contributed by atoms with van der Waals surface area (Å²) >= 11 is 6.47. The van der Waals surface area contributed by atoms with E-state index in [0.29, 0.717) is 33.1 Å². The van der Waals surface area contributed by atoms with E-state index in [9.17, 15) is 14.4 Å². The van der Waals surface area contributed by atoms with Crippen LogP contribution in [0.15, 0.2) is 60.2 Å². The molecule has 0 aromatic heterocycles. The van der Waals surface area contributed by atoms with Crippen molar-refractivity contribution in [2.75, 3.05) is 12.4 Å². The zero-order valence-electron chi connectivity index (χ0n) is 18.0. The molecule has 0 fully saturated rings. The number of carbonyl (C=O) groups is 1. The molecular weight excluding hydrogens is 427 g/mol. The maximum atomic E-state index is 14.1. The highest BCUT2D eigenvalue weighted by atomic mass is 35.5. The molecule has 162 valence electrons. The lowest BCUT2D eigenvalue weighted by molar-refractivity contribution is -0.112. The Kier molecular flexibility index (Phi) is 7.29. The first kappa shape index (κ1) is 23.1. The molecule has 0 radical (unpaired) electrons. The first-order chi connectivity index (χ1) is 15.3. The number of nitrogens with one attached hydrogen (secondary N) is 1. The number of methoxy groups -OCH3 is 1. The number of nitrogens with zero attached hydrogens (tertiary/aromatic N) is 1. The molecular formula is C26H22ClFN2O2. The highest BCUT2D eigenvalue weighted by molar-refractivity contribution is 6.31. The van der Waals surface area contributed by atoms with Gasteiger partial charge in [0.25, 0.3) is 5.91 Å². The molecule has 0 bridgehead atoms. The number of benzene rings is 3. The number of hydrogen-bond donors (Lipinski definition) is 1. The second-order valence-corrected chi connectivity index (χ2v) is 7.80. The Balaban J connectivity index is 1.90. The van der Waals surface area contributed by atoms with Crippen LogP contribution >= 0.6 is 11.6 Å². The van der Waals surface area contributed by atoms with Gasteiger partial charge in [-0.25, -0.2) is 4.39 Å². The van der Waals surface area contributed by atoms with Crippen LogP contribution in [0.5, 0.6) is 5.75 Å². The Labute approximate surface area is 191 Å². The van der Waals surface area contributed by atoms with Gasteiger partial charge in [0, 0.05) is 22.7 Å². The molecule has 4 nitrogen and oxygen atoms in total. The number of aryl methyl sites for hydroxylation is 2. The van der Waals surface area contributed by atoms with E-state index in [4.69, 9.17) is 16.3 Å². The Hall–Kier alpha value is -3.62. The number of amides is 1. The third kappa shape index (κ3) is 5.35. The van der Waals surface area contributed by atoms with Gasteiger partial charge >= 0.3 is 0 Å². The number of carbonyl (C=O) groups excluding carboxylic acids is 1. The third-order valence-corrected chi connectivity index (χ3v) is 5.37. The number of hydrogen-bond acceptors (Lipinski definition) is 3. The van der Waals surface area contributed by atoms with E-state index in [1.165, 1.54) is 19.3 Å². The van der Waals surface area contributed by atoms with Crippen LogP contribution in [0, 0.1) is 31.0 Å². The first-order valence-electron chi connectivity index (χ1n) is 9.92. The lowest BCUT2D eigenvalue weighted by Gasteiger charge is -2.13. The van der Waals surface area contributed by atoms with Gasteiger partial charge < -0.3 is 10.1 Å². The smallest absolute Gasteiger partial charge is 0.266 e. The number of ether oxygens (including phenoxy) is 1. The minimum atomic E-state index is -0.523. The lowest BCUT2D eigenvalue weighted by atomic mass is 10.0. The van der Waals surface area contributed by atoms with Crippen LogP contribution in [0.2, 0.25) is 5.02 Å². The maximum absolute atomic E-state index is 14.1. The Bertz CT molecular complexity index is 1250. The van der Waals surface area contributed by atoms with Crippen LogP contribution in [0.3, 0.4) is 0 Å². The van der Waals surface area contributed by atoms with E-state index in [2.05, 4.69) is 5.32 Å². The standard InChI is InChI=1S/C26H22ClFN2O2/c1-16-8-9-24(17(2)10-16)30-26(31)20(15-29)11-18-12-22(27)21(25(13-18)32-3)14-19-6-4-5-7-23(19)28/h4-13H,14H2,1-3H3,(H,30,31)/b20-11+. The average molecular weight is 449 g/mol. The average Bonchev–Trinajstić information content (AvgIpc) is 2.76. The molecule has 3 aromatic carbocycles. The quantitative estimate of drug-likeness (QED) is 0.358.